The maximum Gasteiger partial charge on any atom is 0.169 e. The maximum absolute atomic E-state index is 12.1. The molecule has 0 aliphatic heterocycles. The monoisotopic (exact) mass is 279 g/mol. The number of nitrogens with two attached hydrogens (primary N) is 1. The topological polar surface area (TPSA) is 43.1 Å². The quantitative estimate of drug-likeness (QED) is 0.682. The van der Waals surface area contributed by atoms with Gasteiger partial charge in [0.2, 0.25) is 0 Å². The Balaban J connectivity index is 2.28. The lowest BCUT2D eigenvalue weighted by Gasteiger charge is -2.06. The molecule has 0 aromatic heterocycles. The smallest absolute Gasteiger partial charge is 0.169 e. The summed E-state index contributed by atoms with van der Waals surface area (Å²) in [6, 6.07) is 12.1. The minimum atomic E-state index is -0.0944. The van der Waals surface area contributed by atoms with Crippen molar-refractivity contribution in [3.63, 3.8) is 0 Å². The van der Waals surface area contributed by atoms with Crippen molar-refractivity contribution in [2.75, 3.05) is 5.73 Å². The van der Waals surface area contributed by atoms with Crippen molar-refractivity contribution in [2.24, 2.45) is 0 Å². The SMILES string of the molecule is Nc1ccc(Cl)cc1C(=O)Cc1ccccc1Cl. The van der Waals surface area contributed by atoms with Gasteiger partial charge in [0.05, 0.1) is 0 Å². The van der Waals surface area contributed by atoms with Gasteiger partial charge in [-0.2, -0.15) is 0 Å². The van der Waals surface area contributed by atoms with Crippen LogP contribution < -0.4 is 5.73 Å². The Morgan fingerprint density at radius 1 is 1.11 bits per heavy atom. The minimum Gasteiger partial charge on any atom is -0.398 e. The van der Waals surface area contributed by atoms with Gasteiger partial charge in [0, 0.05) is 27.7 Å². The highest BCUT2D eigenvalue weighted by molar-refractivity contribution is 6.32. The van der Waals surface area contributed by atoms with Crippen LogP contribution >= 0.6 is 23.2 Å². The van der Waals surface area contributed by atoms with Crippen molar-refractivity contribution in [3.05, 3.63) is 63.6 Å². The van der Waals surface area contributed by atoms with E-state index in [1.54, 1.807) is 24.3 Å². The van der Waals surface area contributed by atoms with Crippen LogP contribution in [0.15, 0.2) is 42.5 Å². The van der Waals surface area contributed by atoms with E-state index in [1.165, 1.54) is 0 Å². The molecule has 0 amide bonds. The van der Waals surface area contributed by atoms with Crippen LogP contribution in [-0.2, 0) is 6.42 Å². The molecule has 0 heterocycles. The summed E-state index contributed by atoms with van der Waals surface area (Å²) in [4.78, 5) is 12.1. The lowest BCUT2D eigenvalue weighted by Crippen LogP contribution is -2.07. The molecule has 18 heavy (non-hydrogen) atoms. The zero-order valence-electron chi connectivity index (χ0n) is 9.49. The third kappa shape index (κ3) is 2.84. The molecule has 2 N–H and O–H groups in total. The first kappa shape index (κ1) is 12.9. The largest absolute Gasteiger partial charge is 0.398 e. The number of benzene rings is 2. The molecule has 4 heteroatoms. The van der Waals surface area contributed by atoms with E-state index in [2.05, 4.69) is 0 Å². The average molecular weight is 280 g/mol. The number of halogens is 2. The Hall–Kier alpha value is -1.51. The van der Waals surface area contributed by atoms with E-state index in [0.29, 0.717) is 21.3 Å². The molecular formula is C14H11Cl2NO. The van der Waals surface area contributed by atoms with Crippen molar-refractivity contribution >= 4 is 34.7 Å². The number of rotatable bonds is 3. The number of Topliss-reactive ketones (excluding diaryl/α,β-unsaturated/α-hetero) is 1. The summed E-state index contributed by atoms with van der Waals surface area (Å²) in [5, 5.41) is 1.07. The van der Waals surface area contributed by atoms with Gasteiger partial charge in [0.15, 0.2) is 5.78 Å². The first-order valence-electron chi connectivity index (χ1n) is 5.39. The molecule has 0 atom stereocenters. The summed E-state index contributed by atoms with van der Waals surface area (Å²) >= 11 is 11.9. The second-order valence-corrected chi connectivity index (χ2v) is 4.77. The van der Waals surface area contributed by atoms with Crippen LogP contribution in [0.5, 0.6) is 0 Å². The highest BCUT2D eigenvalue weighted by Crippen LogP contribution is 2.22. The summed E-state index contributed by atoms with van der Waals surface area (Å²) in [6.07, 6.45) is 0.213. The second-order valence-electron chi connectivity index (χ2n) is 3.92. The first-order chi connectivity index (χ1) is 8.58. The van der Waals surface area contributed by atoms with Crippen molar-refractivity contribution in [1.29, 1.82) is 0 Å². The summed E-state index contributed by atoms with van der Waals surface area (Å²) in [7, 11) is 0. The van der Waals surface area contributed by atoms with Crippen molar-refractivity contribution in [2.45, 2.75) is 6.42 Å². The molecule has 0 bridgehead atoms. The summed E-state index contributed by atoms with van der Waals surface area (Å²) in [6.45, 7) is 0. The molecule has 92 valence electrons. The van der Waals surface area contributed by atoms with Crippen molar-refractivity contribution in [3.8, 4) is 0 Å². The van der Waals surface area contributed by atoms with Gasteiger partial charge in [0.1, 0.15) is 0 Å². The third-order valence-electron chi connectivity index (χ3n) is 2.62. The Bertz CT molecular complexity index is 596. The Morgan fingerprint density at radius 2 is 1.83 bits per heavy atom. The minimum absolute atomic E-state index is 0.0944. The van der Waals surface area contributed by atoms with Crippen molar-refractivity contribution < 1.29 is 4.79 Å². The molecule has 2 aromatic rings. The maximum atomic E-state index is 12.1. The molecule has 0 radical (unpaired) electrons. The van der Waals surface area contributed by atoms with Gasteiger partial charge in [-0.1, -0.05) is 41.4 Å². The summed E-state index contributed by atoms with van der Waals surface area (Å²) < 4.78 is 0. The Labute approximate surface area is 115 Å². The van der Waals surface area contributed by atoms with E-state index >= 15 is 0 Å². The molecule has 0 aliphatic rings. The van der Waals surface area contributed by atoms with Crippen LogP contribution in [0.2, 0.25) is 10.0 Å². The van der Waals surface area contributed by atoms with E-state index in [-0.39, 0.29) is 12.2 Å². The summed E-state index contributed by atoms with van der Waals surface area (Å²) in [5.41, 5.74) is 7.41. The Kier molecular flexibility index (Phi) is 3.90. The number of nitrogen functional groups attached to an aromatic ring is 1. The molecule has 0 saturated heterocycles. The fraction of sp³-hybridized carbons (Fsp3) is 0.0714. The van der Waals surface area contributed by atoms with Crippen molar-refractivity contribution in [1.82, 2.24) is 0 Å². The number of ketones is 1. The molecule has 0 aliphatic carbocycles. The lowest BCUT2D eigenvalue weighted by molar-refractivity contribution is 0.0994. The number of hydrogen-bond donors (Lipinski definition) is 1. The first-order valence-corrected chi connectivity index (χ1v) is 6.15. The standard InChI is InChI=1S/C14H11Cl2NO/c15-10-5-6-13(17)11(8-10)14(18)7-9-3-1-2-4-12(9)16/h1-6,8H,7,17H2. The van der Waals surface area contributed by atoms with Gasteiger partial charge in [-0.3, -0.25) is 4.79 Å². The number of carbonyl (C=O) groups excluding carboxylic acids is 1. The molecule has 0 fully saturated rings. The molecule has 2 rings (SSSR count). The Morgan fingerprint density at radius 3 is 2.56 bits per heavy atom. The van der Waals surface area contributed by atoms with Crippen LogP contribution in [0.4, 0.5) is 5.69 Å². The number of carbonyl (C=O) groups is 1. The normalized spacial score (nSPS) is 10.3. The number of anilines is 1. The zero-order valence-corrected chi connectivity index (χ0v) is 11.0. The van der Waals surface area contributed by atoms with Crippen LogP contribution in [0, 0.1) is 0 Å². The van der Waals surface area contributed by atoms with Gasteiger partial charge in [-0.05, 0) is 29.8 Å². The molecule has 2 nitrogen and oxygen atoms in total. The predicted molar refractivity (Wildman–Crippen MR) is 75.4 cm³/mol. The van der Waals surface area contributed by atoms with Gasteiger partial charge >= 0.3 is 0 Å². The predicted octanol–water partition coefficient (Wildman–Crippen LogP) is 4.00. The fourth-order valence-corrected chi connectivity index (χ4v) is 2.05. The van der Waals surface area contributed by atoms with Gasteiger partial charge in [-0.15, -0.1) is 0 Å². The number of hydrogen-bond acceptors (Lipinski definition) is 2. The highest BCUT2D eigenvalue weighted by atomic mass is 35.5. The molecular weight excluding hydrogens is 269 g/mol. The van der Waals surface area contributed by atoms with Gasteiger partial charge in [0.25, 0.3) is 0 Å². The van der Waals surface area contributed by atoms with E-state index in [1.807, 2.05) is 18.2 Å². The molecule has 0 spiro atoms. The fourth-order valence-electron chi connectivity index (χ4n) is 1.68. The van der Waals surface area contributed by atoms with E-state index in [4.69, 9.17) is 28.9 Å². The molecule has 0 saturated carbocycles. The molecule has 0 unspecified atom stereocenters. The van der Waals surface area contributed by atoms with E-state index in [0.717, 1.165) is 5.56 Å². The second kappa shape index (κ2) is 5.42. The lowest BCUT2D eigenvalue weighted by atomic mass is 10.0. The van der Waals surface area contributed by atoms with Crippen LogP contribution in [0.25, 0.3) is 0 Å². The van der Waals surface area contributed by atoms with Crippen LogP contribution in [-0.4, -0.2) is 5.78 Å². The highest BCUT2D eigenvalue weighted by Gasteiger charge is 2.12. The van der Waals surface area contributed by atoms with E-state index < -0.39 is 0 Å². The van der Waals surface area contributed by atoms with Gasteiger partial charge in [-0.25, -0.2) is 0 Å². The van der Waals surface area contributed by atoms with E-state index in [9.17, 15) is 4.79 Å². The average Bonchev–Trinajstić information content (AvgIpc) is 2.35. The van der Waals surface area contributed by atoms with Crippen LogP contribution in [0.1, 0.15) is 15.9 Å². The third-order valence-corrected chi connectivity index (χ3v) is 3.23. The summed E-state index contributed by atoms with van der Waals surface area (Å²) in [5.74, 6) is -0.0944. The van der Waals surface area contributed by atoms with Crippen LogP contribution in [0.3, 0.4) is 0 Å². The zero-order chi connectivity index (χ0) is 13.1. The molecule has 2 aromatic carbocycles. The van der Waals surface area contributed by atoms with Gasteiger partial charge < -0.3 is 5.73 Å².